The van der Waals surface area contributed by atoms with Gasteiger partial charge in [0.1, 0.15) is 6.04 Å². The molecule has 0 aromatic heterocycles. The number of aldehydes is 1. The number of carbonyl (C=O) groups excluding carboxylic acids is 4. The first-order valence-electron chi connectivity index (χ1n) is 13.0. The number of amides is 3. The molecule has 2 heterocycles. The Morgan fingerprint density at radius 1 is 1.19 bits per heavy atom. The molecule has 0 bridgehead atoms. The van der Waals surface area contributed by atoms with Crippen molar-refractivity contribution in [1.82, 2.24) is 18.8 Å². The van der Waals surface area contributed by atoms with Gasteiger partial charge in [0.2, 0.25) is 11.8 Å². The molecule has 3 rings (SSSR count). The molecule has 2 fully saturated rings. The third kappa shape index (κ3) is 8.61. The van der Waals surface area contributed by atoms with Gasteiger partial charge in [0.25, 0.3) is 5.91 Å². The second-order valence-electron chi connectivity index (χ2n) is 9.65. The number of piperidine rings is 2. The van der Waals surface area contributed by atoms with Crippen molar-refractivity contribution >= 4 is 36.1 Å². The molecule has 3 amide bonds. The zero-order valence-electron chi connectivity index (χ0n) is 21.8. The third-order valence-corrected chi connectivity index (χ3v) is 7.83. The van der Waals surface area contributed by atoms with Gasteiger partial charge in [-0.05, 0) is 51.1 Å². The maximum Gasteiger partial charge on any atom is 0.255 e. The summed E-state index contributed by atoms with van der Waals surface area (Å²) in [7, 11) is 3.62. The van der Waals surface area contributed by atoms with Gasteiger partial charge in [0.05, 0.1) is 5.56 Å². The van der Waals surface area contributed by atoms with E-state index in [1.54, 1.807) is 24.3 Å². The van der Waals surface area contributed by atoms with E-state index in [4.69, 9.17) is 10.5 Å². The highest BCUT2D eigenvalue weighted by Crippen LogP contribution is 2.22. The van der Waals surface area contributed by atoms with Crippen molar-refractivity contribution in [3.8, 4) is 0 Å². The predicted octanol–water partition coefficient (Wildman–Crippen LogP) is 1.63. The van der Waals surface area contributed by atoms with Gasteiger partial charge in [-0.3, -0.25) is 24.5 Å². The number of ether oxygens (including phenoxy) is 1. The molecule has 37 heavy (non-hydrogen) atoms. The Hall–Kier alpha value is -2.31. The maximum absolute atomic E-state index is 13.3. The van der Waals surface area contributed by atoms with E-state index in [1.165, 1.54) is 11.9 Å². The van der Waals surface area contributed by atoms with Crippen LogP contribution in [0.2, 0.25) is 0 Å². The first-order valence-corrected chi connectivity index (χ1v) is 13.7. The van der Waals surface area contributed by atoms with Crippen LogP contribution < -0.4 is 11.1 Å². The molecule has 1 unspecified atom stereocenters. The van der Waals surface area contributed by atoms with Crippen molar-refractivity contribution in [3.63, 3.8) is 0 Å². The van der Waals surface area contributed by atoms with Crippen molar-refractivity contribution in [3.05, 3.63) is 34.9 Å². The average Bonchev–Trinajstić information content (AvgIpc) is 2.88. The van der Waals surface area contributed by atoms with Crippen LogP contribution in [-0.2, 0) is 20.7 Å². The molecule has 1 aromatic rings. The number of nitrogens with zero attached hydrogens (tertiary/aromatic N) is 3. The van der Waals surface area contributed by atoms with Gasteiger partial charge in [-0.25, -0.2) is 8.61 Å². The molecule has 1 aromatic carbocycles. The Balaban J connectivity index is 1.43. The number of imide groups is 1. The smallest absolute Gasteiger partial charge is 0.255 e. The molecule has 1 atom stereocenters. The maximum atomic E-state index is 13.3. The second-order valence-corrected chi connectivity index (χ2v) is 11.0. The van der Waals surface area contributed by atoms with E-state index in [-0.39, 0.29) is 18.7 Å². The van der Waals surface area contributed by atoms with E-state index in [2.05, 4.69) is 21.0 Å². The molecule has 2 saturated heterocycles. The molecule has 11 heteroatoms. The summed E-state index contributed by atoms with van der Waals surface area (Å²) in [6.07, 6.45) is 5.37. The minimum Gasteiger partial charge on any atom is -0.381 e. The largest absolute Gasteiger partial charge is 0.381 e. The number of benzene rings is 1. The van der Waals surface area contributed by atoms with Gasteiger partial charge in [-0.15, -0.1) is 0 Å². The monoisotopic (exact) mass is 533 g/mol. The number of likely N-dealkylation sites (N-methyl/N-ethyl adjacent to an activating group) is 1. The molecular formula is C26H39N5O5S. The SMILES string of the molecule is CN(CCCOCCCc1cccc(C=O)c1C(=O)N(C)C1CCC(=O)NC1=O)SN1CCC(N)CC1. The van der Waals surface area contributed by atoms with Gasteiger partial charge < -0.3 is 15.4 Å². The van der Waals surface area contributed by atoms with Crippen molar-refractivity contribution in [1.29, 1.82) is 0 Å². The lowest BCUT2D eigenvalue weighted by molar-refractivity contribution is -0.136. The molecule has 10 nitrogen and oxygen atoms in total. The quantitative estimate of drug-likeness (QED) is 0.168. The highest BCUT2D eigenvalue weighted by molar-refractivity contribution is 7.94. The fourth-order valence-electron chi connectivity index (χ4n) is 4.61. The van der Waals surface area contributed by atoms with E-state index in [0.717, 1.165) is 44.5 Å². The van der Waals surface area contributed by atoms with Gasteiger partial charge in [0, 0.05) is 70.1 Å². The van der Waals surface area contributed by atoms with Crippen molar-refractivity contribution < 1.29 is 23.9 Å². The average molecular weight is 534 g/mol. The minimum atomic E-state index is -0.745. The summed E-state index contributed by atoms with van der Waals surface area (Å²) in [5.74, 6) is -1.23. The summed E-state index contributed by atoms with van der Waals surface area (Å²) < 4.78 is 10.4. The van der Waals surface area contributed by atoms with Crippen LogP contribution in [0.25, 0.3) is 0 Å². The van der Waals surface area contributed by atoms with Crippen molar-refractivity contribution in [2.75, 3.05) is 46.9 Å². The number of hydrogen-bond donors (Lipinski definition) is 2. The molecule has 0 aliphatic carbocycles. The zero-order chi connectivity index (χ0) is 26.8. The first-order chi connectivity index (χ1) is 17.8. The Labute approximate surface area is 223 Å². The molecule has 0 spiro atoms. The standard InChI is InChI=1S/C26H39N5O5S/c1-29(37-31-14-11-21(27)12-15-31)13-5-17-36-16-4-8-19-6-3-7-20(18-32)24(19)26(35)30(2)22-9-10-23(33)28-25(22)34/h3,6-7,18,21-22H,4-5,8-17,27H2,1-2H3,(H,28,33,34). The number of hydrogen-bond acceptors (Lipinski definition) is 9. The number of rotatable bonds is 13. The molecule has 3 N–H and O–H groups in total. The van der Waals surface area contributed by atoms with Crippen LogP contribution in [0.3, 0.4) is 0 Å². The molecule has 2 aliphatic rings. The molecule has 204 valence electrons. The topological polar surface area (TPSA) is 125 Å². The third-order valence-electron chi connectivity index (χ3n) is 6.77. The van der Waals surface area contributed by atoms with Crippen LogP contribution >= 0.6 is 12.1 Å². The van der Waals surface area contributed by atoms with Crippen LogP contribution in [0.1, 0.15) is 64.8 Å². The summed E-state index contributed by atoms with van der Waals surface area (Å²) in [4.78, 5) is 50.1. The first kappa shape index (κ1) is 29.2. The Morgan fingerprint density at radius 3 is 2.62 bits per heavy atom. The van der Waals surface area contributed by atoms with Gasteiger partial charge in [-0.1, -0.05) is 18.2 Å². The molecule has 0 saturated carbocycles. The summed E-state index contributed by atoms with van der Waals surface area (Å²) in [5.41, 5.74) is 7.31. The van der Waals surface area contributed by atoms with E-state index in [0.29, 0.717) is 49.5 Å². The Kier molecular flexibility index (Phi) is 11.5. The van der Waals surface area contributed by atoms with E-state index in [1.807, 2.05) is 6.07 Å². The zero-order valence-corrected chi connectivity index (χ0v) is 22.6. The molecule has 2 aliphatic heterocycles. The second kappa shape index (κ2) is 14.6. The van der Waals surface area contributed by atoms with Crippen LogP contribution in [0.15, 0.2) is 18.2 Å². The minimum absolute atomic E-state index is 0.176. The summed E-state index contributed by atoms with van der Waals surface area (Å²) in [6.45, 7) is 4.15. The van der Waals surface area contributed by atoms with Crippen molar-refractivity contribution in [2.24, 2.45) is 5.73 Å². The fraction of sp³-hybridized carbons (Fsp3) is 0.615. The number of nitrogens with two attached hydrogens (primary N) is 1. The van der Waals surface area contributed by atoms with Crippen molar-refractivity contribution in [2.45, 2.75) is 57.0 Å². The lowest BCUT2D eigenvalue weighted by Crippen LogP contribution is -2.53. The van der Waals surface area contributed by atoms with E-state index >= 15 is 0 Å². The predicted molar refractivity (Wildman–Crippen MR) is 143 cm³/mol. The van der Waals surface area contributed by atoms with Crippen LogP contribution in [-0.4, -0.2) is 96.5 Å². The number of carbonyl (C=O) groups is 4. The van der Waals surface area contributed by atoms with Crippen LogP contribution in [0.4, 0.5) is 0 Å². The molecule has 0 radical (unpaired) electrons. The van der Waals surface area contributed by atoms with E-state index in [9.17, 15) is 19.2 Å². The number of nitrogens with one attached hydrogen (secondary N) is 1. The summed E-state index contributed by atoms with van der Waals surface area (Å²) >= 11 is 1.76. The summed E-state index contributed by atoms with van der Waals surface area (Å²) in [5, 5.41) is 2.28. The Bertz CT molecular complexity index is 953. The lowest BCUT2D eigenvalue weighted by Gasteiger charge is -2.31. The molecular weight excluding hydrogens is 494 g/mol. The Morgan fingerprint density at radius 2 is 1.92 bits per heavy atom. The normalized spacial score (nSPS) is 19.2. The van der Waals surface area contributed by atoms with Crippen LogP contribution in [0.5, 0.6) is 0 Å². The highest BCUT2D eigenvalue weighted by Gasteiger charge is 2.33. The van der Waals surface area contributed by atoms with Gasteiger partial charge >= 0.3 is 0 Å². The van der Waals surface area contributed by atoms with E-state index < -0.39 is 17.9 Å². The highest BCUT2D eigenvalue weighted by atomic mass is 32.2. The van der Waals surface area contributed by atoms with Crippen LogP contribution in [0, 0.1) is 0 Å². The van der Waals surface area contributed by atoms with Gasteiger partial charge in [0.15, 0.2) is 6.29 Å². The summed E-state index contributed by atoms with van der Waals surface area (Å²) in [6, 6.07) is 4.78. The fourth-order valence-corrected chi connectivity index (χ4v) is 5.59. The number of aryl methyl sites for hydroxylation is 1. The lowest BCUT2D eigenvalue weighted by atomic mass is 9.95. The van der Waals surface area contributed by atoms with Gasteiger partial charge in [-0.2, -0.15) is 0 Å².